The summed E-state index contributed by atoms with van der Waals surface area (Å²) in [5.74, 6) is 1.13. The Hall–Kier alpha value is -2.30. The fourth-order valence-electron chi connectivity index (χ4n) is 1.96. The Bertz CT molecular complexity index is 634. The SMILES string of the molecule is Cc1cccc(C)c1NC(=O)Nc1cc(C(C)(C)C)on1. The fraction of sp³-hybridized carbons (Fsp3) is 0.375. The molecule has 2 aromatic rings. The molecule has 0 aliphatic carbocycles. The van der Waals surface area contributed by atoms with Crippen LogP contribution < -0.4 is 10.6 Å². The first-order valence-electron chi connectivity index (χ1n) is 6.89. The van der Waals surface area contributed by atoms with E-state index in [-0.39, 0.29) is 11.4 Å². The molecule has 5 nitrogen and oxygen atoms in total. The van der Waals surface area contributed by atoms with Crippen molar-refractivity contribution in [1.82, 2.24) is 5.16 Å². The normalized spacial score (nSPS) is 11.3. The zero-order chi connectivity index (χ0) is 15.6. The molecular weight excluding hydrogens is 266 g/mol. The van der Waals surface area contributed by atoms with E-state index in [1.165, 1.54) is 0 Å². The van der Waals surface area contributed by atoms with Crippen LogP contribution in [0.5, 0.6) is 0 Å². The molecule has 2 N–H and O–H groups in total. The molecule has 0 saturated heterocycles. The number of rotatable bonds is 2. The van der Waals surface area contributed by atoms with Gasteiger partial charge in [-0.05, 0) is 25.0 Å². The monoisotopic (exact) mass is 287 g/mol. The highest BCUT2D eigenvalue weighted by molar-refractivity contribution is 6.00. The molecule has 0 aliphatic heterocycles. The Morgan fingerprint density at radius 3 is 2.29 bits per heavy atom. The average Bonchev–Trinajstić information content (AvgIpc) is 2.82. The van der Waals surface area contributed by atoms with Gasteiger partial charge in [-0.3, -0.25) is 5.32 Å². The number of hydrogen-bond acceptors (Lipinski definition) is 3. The molecule has 0 fully saturated rings. The summed E-state index contributed by atoms with van der Waals surface area (Å²) in [7, 11) is 0. The third-order valence-corrected chi connectivity index (χ3v) is 3.21. The summed E-state index contributed by atoms with van der Waals surface area (Å²) >= 11 is 0. The topological polar surface area (TPSA) is 67.2 Å². The third kappa shape index (κ3) is 3.62. The van der Waals surface area contributed by atoms with Gasteiger partial charge in [0.25, 0.3) is 0 Å². The lowest BCUT2D eigenvalue weighted by Gasteiger charge is -2.12. The molecular formula is C16H21N3O2. The highest BCUT2D eigenvalue weighted by Crippen LogP contribution is 2.24. The van der Waals surface area contributed by atoms with Crippen LogP contribution in [0.3, 0.4) is 0 Å². The van der Waals surface area contributed by atoms with Crippen molar-refractivity contribution in [3.8, 4) is 0 Å². The second kappa shape index (κ2) is 5.60. The van der Waals surface area contributed by atoms with Gasteiger partial charge in [-0.1, -0.05) is 44.1 Å². The first kappa shape index (κ1) is 15.1. The van der Waals surface area contributed by atoms with Crippen molar-refractivity contribution in [3.05, 3.63) is 41.2 Å². The average molecular weight is 287 g/mol. The van der Waals surface area contributed by atoms with E-state index in [1.54, 1.807) is 6.07 Å². The second-order valence-corrected chi connectivity index (χ2v) is 6.17. The Labute approximate surface area is 124 Å². The fourth-order valence-corrected chi connectivity index (χ4v) is 1.96. The van der Waals surface area contributed by atoms with Gasteiger partial charge in [0, 0.05) is 17.2 Å². The van der Waals surface area contributed by atoms with Crippen molar-refractivity contribution in [2.75, 3.05) is 10.6 Å². The maximum Gasteiger partial charge on any atom is 0.324 e. The number of carbonyl (C=O) groups is 1. The molecule has 5 heteroatoms. The summed E-state index contributed by atoms with van der Waals surface area (Å²) in [4.78, 5) is 12.0. The van der Waals surface area contributed by atoms with Gasteiger partial charge >= 0.3 is 6.03 Å². The van der Waals surface area contributed by atoms with Gasteiger partial charge in [0.1, 0.15) is 5.76 Å². The van der Waals surface area contributed by atoms with E-state index in [0.717, 1.165) is 22.6 Å². The lowest BCUT2D eigenvalue weighted by molar-refractivity contribution is 0.261. The number of nitrogens with one attached hydrogen (secondary N) is 2. The lowest BCUT2D eigenvalue weighted by atomic mass is 9.93. The highest BCUT2D eigenvalue weighted by Gasteiger charge is 2.20. The number of aryl methyl sites for hydroxylation is 2. The van der Waals surface area contributed by atoms with Gasteiger partial charge in [0.2, 0.25) is 0 Å². The molecule has 0 atom stereocenters. The number of benzene rings is 1. The minimum atomic E-state index is -0.332. The summed E-state index contributed by atoms with van der Waals surface area (Å²) in [6.07, 6.45) is 0. The molecule has 0 spiro atoms. The molecule has 1 heterocycles. The molecule has 2 rings (SSSR count). The Morgan fingerprint density at radius 2 is 1.76 bits per heavy atom. The number of anilines is 2. The molecule has 1 aromatic carbocycles. The molecule has 2 amide bonds. The van der Waals surface area contributed by atoms with Gasteiger partial charge in [0.15, 0.2) is 5.82 Å². The van der Waals surface area contributed by atoms with E-state index >= 15 is 0 Å². The van der Waals surface area contributed by atoms with Crippen molar-refractivity contribution in [1.29, 1.82) is 0 Å². The number of hydrogen-bond donors (Lipinski definition) is 2. The summed E-state index contributed by atoms with van der Waals surface area (Å²) in [5, 5.41) is 9.39. The van der Waals surface area contributed by atoms with Crippen LogP contribution in [-0.4, -0.2) is 11.2 Å². The summed E-state index contributed by atoms with van der Waals surface area (Å²) in [5.41, 5.74) is 2.70. The number of aromatic nitrogens is 1. The van der Waals surface area contributed by atoms with Gasteiger partial charge in [-0.2, -0.15) is 0 Å². The number of amides is 2. The van der Waals surface area contributed by atoms with Crippen LogP contribution in [0.25, 0.3) is 0 Å². The maximum absolute atomic E-state index is 12.0. The van der Waals surface area contributed by atoms with E-state index in [9.17, 15) is 4.79 Å². The van der Waals surface area contributed by atoms with Crippen molar-refractivity contribution < 1.29 is 9.32 Å². The zero-order valence-electron chi connectivity index (χ0n) is 13.1. The molecule has 1 aromatic heterocycles. The van der Waals surface area contributed by atoms with Crippen LogP contribution in [0.1, 0.15) is 37.7 Å². The molecule has 0 saturated carbocycles. The van der Waals surface area contributed by atoms with Crippen LogP contribution in [0, 0.1) is 13.8 Å². The van der Waals surface area contributed by atoms with E-state index in [1.807, 2.05) is 52.8 Å². The largest absolute Gasteiger partial charge is 0.359 e. The quantitative estimate of drug-likeness (QED) is 0.868. The molecule has 112 valence electrons. The number of para-hydroxylation sites is 1. The minimum Gasteiger partial charge on any atom is -0.359 e. The van der Waals surface area contributed by atoms with Crippen LogP contribution in [-0.2, 0) is 5.41 Å². The predicted octanol–water partition coefficient (Wildman–Crippen LogP) is 4.23. The van der Waals surface area contributed by atoms with Crippen molar-refractivity contribution in [2.45, 2.75) is 40.0 Å². The van der Waals surface area contributed by atoms with E-state index < -0.39 is 0 Å². The van der Waals surface area contributed by atoms with Crippen molar-refractivity contribution >= 4 is 17.5 Å². The smallest absolute Gasteiger partial charge is 0.324 e. The molecule has 0 unspecified atom stereocenters. The third-order valence-electron chi connectivity index (χ3n) is 3.21. The predicted molar refractivity (Wildman–Crippen MR) is 83.8 cm³/mol. The Balaban J connectivity index is 2.07. The standard InChI is InChI=1S/C16H21N3O2/c1-10-7-6-8-11(2)14(10)18-15(20)17-13-9-12(21-19-13)16(3,4)5/h6-9H,1-5H3,(H2,17,18,19,20). The second-order valence-electron chi connectivity index (χ2n) is 6.17. The first-order valence-corrected chi connectivity index (χ1v) is 6.89. The van der Waals surface area contributed by atoms with E-state index in [4.69, 9.17) is 4.52 Å². The Kier molecular flexibility index (Phi) is 4.02. The highest BCUT2D eigenvalue weighted by atomic mass is 16.5. The Morgan fingerprint density at radius 1 is 1.14 bits per heavy atom. The molecule has 0 bridgehead atoms. The van der Waals surface area contributed by atoms with Gasteiger partial charge in [-0.15, -0.1) is 0 Å². The number of urea groups is 1. The van der Waals surface area contributed by atoms with Crippen molar-refractivity contribution in [2.24, 2.45) is 0 Å². The zero-order valence-corrected chi connectivity index (χ0v) is 13.1. The molecule has 21 heavy (non-hydrogen) atoms. The van der Waals surface area contributed by atoms with Crippen LogP contribution in [0.4, 0.5) is 16.3 Å². The maximum atomic E-state index is 12.0. The van der Waals surface area contributed by atoms with E-state index in [2.05, 4.69) is 15.8 Å². The minimum absolute atomic E-state index is 0.143. The van der Waals surface area contributed by atoms with Crippen molar-refractivity contribution in [3.63, 3.8) is 0 Å². The molecule has 0 radical (unpaired) electrons. The van der Waals surface area contributed by atoms with Crippen LogP contribution in [0.2, 0.25) is 0 Å². The summed E-state index contributed by atoms with van der Waals surface area (Å²) in [6.45, 7) is 9.98. The number of carbonyl (C=O) groups excluding carboxylic acids is 1. The first-order chi connectivity index (χ1) is 9.77. The molecule has 0 aliphatic rings. The lowest BCUT2D eigenvalue weighted by Crippen LogP contribution is -2.20. The summed E-state index contributed by atoms with van der Waals surface area (Å²) in [6, 6.07) is 7.28. The van der Waals surface area contributed by atoms with Crippen LogP contribution in [0.15, 0.2) is 28.8 Å². The van der Waals surface area contributed by atoms with Gasteiger partial charge < -0.3 is 9.84 Å². The van der Waals surface area contributed by atoms with Gasteiger partial charge in [0.05, 0.1) is 0 Å². The van der Waals surface area contributed by atoms with Crippen LogP contribution >= 0.6 is 0 Å². The number of nitrogens with zero attached hydrogens (tertiary/aromatic N) is 1. The summed E-state index contributed by atoms with van der Waals surface area (Å²) < 4.78 is 5.24. The van der Waals surface area contributed by atoms with Gasteiger partial charge in [-0.25, -0.2) is 4.79 Å². The van der Waals surface area contributed by atoms with E-state index in [0.29, 0.717) is 5.82 Å².